The average Bonchev–Trinajstić information content (AvgIpc) is 3.24. The van der Waals surface area contributed by atoms with Crippen LogP contribution in [0.25, 0.3) is 0 Å². The maximum absolute atomic E-state index is 12.7. The van der Waals surface area contributed by atoms with E-state index in [4.69, 9.17) is 9.15 Å². The Labute approximate surface area is 170 Å². The summed E-state index contributed by atoms with van der Waals surface area (Å²) in [4.78, 5) is 27.1. The lowest BCUT2D eigenvalue weighted by molar-refractivity contribution is -0.0362. The summed E-state index contributed by atoms with van der Waals surface area (Å²) in [5.41, 5.74) is -0.0792. The molecule has 2 aromatic rings. The van der Waals surface area contributed by atoms with Crippen LogP contribution in [-0.4, -0.2) is 53.8 Å². The van der Waals surface area contributed by atoms with E-state index in [0.29, 0.717) is 18.8 Å². The molecule has 3 heterocycles. The van der Waals surface area contributed by atoms with Crippen molar-refractivity contribution in [3.05, 3.63) is 58.4 Å². The number of hydrogen-bond donors (Lipinski definition) is 1. The van der Waals surface area contributed by atoms with E-state index in [0.717, 1.165) is 39.1 Å². The first-order valence-electron chi connectivity index (χ1n) is 10.5. The van der Waals surface area contributed by atoms with E-state index >= 15 is 0 Å². The van der Waals surface area contributed by atoms with Gasteiger partial charge in [0, 0.05) is 37.4 Å². The summed E-state index contributed by atoms with van der Waals surface area (Å²) in [5, 5.41) is 3.11. The molecule has 2 aliphatic rings. The zero-order valence-electron chi connectivity index (χ0n) is 16.8. The fourth-order valence-corrected chi connectivity index (χ4v) is 4.53. The third-order valence-corrected chi connectivity index (χ3v) is 6.15. The number of nitrogens with zero attached hydrogens (tertiary/aromatic N) is 2. The van der Waals surface area contributed by atoms with Crippen molar-refractivity contribution in [2.45, 2.75) is 44.2 Å². The number of rotatable bonds is 6. The van der Waals surface area contributed by atoms with E-state index in [2.05, 4.69) is 10.2 Å². The van der Waals surface area contributed by atoms with Gasteiger partial charge in [-0.15, -0.1) is 0 Å². The second-order valence-electron chi connectivity index (χ2n) is 8.00. The molecule has 1 saturated heterocycles. The van der Waals surface area contributed by atoms with Gasteiger partial charge >= 0.3 is 0 Å². The number of aromatic nitrogens is 1. The molecule has 1 aliphatic carbocycles. The number of furan rings is 1. The highest BCUT2D eigenvalue weighted by atomic mass is 16.5. The maximum atomic E-state index is 12.7. The molecule has 0 aromatic carbocycles. The number of nitrogens with one attached hydrogen (secondary N) is 1. The molecule has 0 unspecified atom stereocenters. The molecule has 1 amide bonds. The van der Waals surface area contributed by atoms with Gasteiger partial charge in [-0.25, -0.2) is 0 Å². The molecule has 7 nitrogen and oxygen atoms in total. The van der Waals surface area contributed by atoms with Gasteiger partial charge in [-0.3, -0.25) is 14.5 Å². The first-order chi connectivity index (χ1) is 14.2. The van der Waals surface area contributed by atoms with Crippen LogP contribution < -0.4 is 10.9 Å². The van der Waals surface area contributed by atoms with Crippen LogP contribution in [0.15, 0.2) is 45.7 Å². The van der Waals surface area contributed by atoms with Gasteiger partial charge in [0.25, 0.3) is 11.5 Å². The lowest BCUT2D eigenvalue weighted by Crippen LogP contribution is -2.59. The Bertz CT molecular complexity index is 876. The predicted molar refractivity (Wildman–Crippen MR) is 109 cm³/mol. The average molecular weight is 399 g/mol. The van der Waals surface area contributed by atoms with Crippen molar-refractivity contribution in [3.8, 4) is 0 Å². The maximum Gasteiger partial charge on any atom is 0.287 e. The molecule has 2 aromatic heterocycles. The van der Waals surface area contributed by atoms with E-state index in [1.54, 1.807) is 35.0 Å². The highest BCUT2D eigenvalue weighted by molar-refractivity contribution is 5.91. The van der Waals surface area contributed by atoms with Crippen LogP contribution >= 0.6 is 0 Å². The number of carbonyl (C=O) groups is 1. The first kappa shape index (κ1) is 19.9. The number of morpholine rings is 1. The molecule has 156 valence electrons. The van der Waals surface area contributed by atoms with E-state index in [9.17, 15) is 9.59 Å². The molecule has 0 spiro atoms. The first-order valence-corrected chi connectivity index (χ1v) is 10.5. The minimum atomic E-state index is -0.199. The zero-order valence-corrected chi connectivity index (χ0v) is 16.8. The lowest BCUT2D eigenvalue weighted by Gasteiger charge is -2.48. The highest BCUT2D eigenvalue weighted by Crippen LogP contribution is 2.34. The van der Waals surface area contributed by atoms with E-state index in [1.165, 1.54) is 25.3 Å². The highest BCUT2D eigenvalue weighted by Gasteiger charge is 2.39. The number of hydrogen-bond acceptors (Lipinski definition) is 5. The molecular formula is C22H29N3O4. The molecular weight excluding hydrogens is 370 g/mol. The standard InChI is InChI=1S/C22H29N3O4/c26-20-6-2-5-11-24(20)16-18-7-8-19(29-18)21(27)23-17-22(9-3-1-4-10-22)25-12-14-28-15-13-25/h2,5-8,11H,1,3-4,9-10,12-17H2,(H,23,27). The molecule has 0 radical (unpaired) electrons. The topological polar surface area (TPSA) is 76.7 Å². The minimum Gasteiger partial charge on any atom is -0.454 e. The summed E-state index contributed by atoms with van der Waals surface area (Å²) < 4.78 is 12.8. The van der Waals surface area contributed by atoms with Gasteiger partial charge in [-0.1, -0.05) is 25.3 Å². The predicted octanol–water partition coefficient (Wildman–Crippen LogP) is 2.25. The van der Waals surface area contributed by atoms with Crippen LogP contribution in [-0.2, 0) is 11.3 Å². The van der Waals surface area contributed by atoms with Crippen LogP contribution in [0.2, 0.25) is 0 Å². The number of pyridine rings is 1. The van der Waals surface area contributed by atoms with Crippen LogP contribution in [0.1, 0.15) is 48.4 Å². The molecule has 7 heteroatoms. The van der Waals surface area contributed by atoms with Gasteiger partial charge < -0.3 is 19.0 Å². The summed E-state index contributed by atoms with van der Waals surface area (Å²) in [6.45, 7) is 4.30. The third-order valence-electron chi connectivity index (χ3n) is 6.15. The Hall–Kier alpha value is -2.38. The fraction of sp³-hybridized carbons (Fsp3) is 0.545. The van der Waals surface area contributed by atoms with Gasteiger partial charge in [-0.05, 0) is 31.0 Å². The summed E-state index contributed by atoms with van der Waals surface area (Å²) in [6.07, 6.45) is 7.58. The molecule has 0 bridgehead atoms. The largest absolute Gasteiger partial charge is 0.454 e. The second kappa shape index (κ2) is 8.97. The molecule has 1 aliphatic heterocycles. The fourth-order valence-electron chi connectivity index (χ4n) is 4.53. The Kier molecular flexibility index (Phi) is 6.16. The minimum absolute atomic E-state index is 0.0183. The number of carbonyl (C=O) groups excluding carboxylic acids is 1. The monoisotopic (exact) mass is 399 g/mol. The van der Waals surface area contributed by atoms with E-state index < -0.39 is 0 Å². The summed E-state index contributed by atoms with van der Waals surface area (Å²) in [5.74, 6) is 0.677. The SMILES string of the molecule is O=C(NCC1(N2CCOCC2)CCCCC1)c1ccc(Cn2ccccc2=O)o1. The zero-order chi connectivity index (χ0) is 20.1. The Morgan fingerprint density at radius 3 is 2.62 bits per heavy atom. The number of amides is 1. The molecule has 1 saturated carbocycles. The normalized spacial score (nSPS) is 19.7. The number of ether oxygens (including phenoxy) is 1. The van der Waals surface area contributed by atoms with Crippen molar-refractivity contribution in [1.29, 1.82) is 0 Å². The van der Waals surface area contributed by atoms with Crippen molar-refractivity contribution < 1.29 is 13.9 Å². The van der Waals surface area contributed by atoms with Crippen molar-refractivity contribution in [3.63, 3.8) is 0 Å². The molecule has 2 fully saturated rings. The Morgan fingerprint density at radius 2 is 1.86 bits per heavy atom. The van der Waals surface area contributed by atoms with Crippen LogP contribution in [0.4, 0.5) is 0 Å². The Balaban J connectivity index is 1.40. The van der Waals surface area contributed by atoms with E-state index in [-0.39, 0.29) is 22.8 Å². The van der Waals surface area contributed by atoms with Gasteiger partial charge in [0.2, 0.25) is 0 Å². The van der Waals surface area contributed by atoms with Crippen LogP contribution in [0, 0.1) is 0 Å². The molecule has 29 heavy (non-hydrogen) atoms. The van der Waals surface area contributed by atoms with Crippen LogP contribution in [0.5, 0.6) is 0 Å². The van der Waals surface area contributed by atoms with Crippen molar-refractivity contribution >= 4 is 5.91 Å². The van der Waals surface area contributed by atoms with Crippen LogP contribution in [0.3, 0.4) is 0 Å². The summed E-state index contributed by atoms with van der Waals surface area (Å²) >= 11 is 0. The van der Waals surface area contributed by atoms with Gasteiger partial charge in [0.05, 0.1) is 19.8 Å². The van der Waals surface area contributed by atoms with Crippen molar-refractivity contribution in [2.24, 2.45) is 0 Å². The van der Waals surface area contributed by atoms with Gasteiger partial charge in [0.1, 0.15) is 5.76 Å². The lowest BCUT2D eigenvalue weighted by atomic mass is 9.79. The Morgan fingerprint density at radius 1 is 1.07 bits per heavy atom. The van der Waals surface area contributed by atoms with Crippen molar-refractivity contribution in [1.82, 2.24) is 14.8 Å². The molecule has 4 rings (SSSR count). The van der Waals surface area contributed by atoms with Gasteiger partial charge in [0.15, 0.2) is 5.76 Å². The summed E-state index contributed by atoms with van der Waals surface area (Å²) in [6, 6.07) is 8.45. The summed E-state index contributed by atoms with van der Waals surface area (Å²) in [7, 11) is 0. The van der Waals surface area contributed by atoms with Crippen molar-refractivity contribution in [2.75, 3.05) is 32.8 Å². The molecule has 1 N–H and O–H groups in total. The molecule has 0 atom stereocenters. The second-order valence-corrected chi connectivity index (χ2v) is 8.00. The van der Waals surface area contributed by atoms with E-state index in [1.807, 2.05) is 0 Å². The third kappa shape index (κ3) is 4.62. The quantitative estimate of drug-likeness (QED) is 0.806. The van der Waals surface area contributed by atoms with Gasteiger partial charge in [-0.2, -0.15) is 0 Å². The smallest absolute Gasteiger partial charge is 0.287 e.